The lowest BCUT2D eigenvalue weighted by Gasteiger charge is -2.29. The summed E-state index contributed by atoms with van der Waals surface area (Å²) < 4.78 is 49.3. The molecule has 0 radical (unpaired) electrons. The van der Waals surface area contributed by atoms with Crippen LogP contribution in [0.15, 0.2) is 79.0 Å². The minimum absolute atomic E-state index is 0.0316. The van der Waals surface area contributed by atoms with Crippen LogP contribution in [0.5, 0.6) is 5.88 Å². The van der Waals surface area contributed by atoms with Crippen LogP contribution in [0.3, 0.4) is 0 Å². The van der Waals surface area contributed by atoms with E-state index in [9.17, 15) is 32.0 Å². The third-order valence-corrected chi connectivity index (χ3v) is 13.2. The highest BCUT2D eigenvalue weighted by Gasteiger charge is 2.61. The number of fused-ring (bicyclic) bond motifs is 5. The number of allylic oxidation sites excluding steroid dienone is 2. The summed E-state index contributed by atoms with van der Waals surface area (Å²) in [7, 11) is -3.88. The number of Topliss-reactive ketones (excluding diaryl/α,β-unsaturated/α-hetero) is 1. The normalized spacial score (nSPS) is 26.7. The molecule has 2 aliphatic heterocycles. The Balaban J connectivity index is 1.13. The zero-order valence-electron chi connectivity index (χ0n) is 30.2. The predicted octanol–water partition coefficient (Wildman–Crippen LogP) is 5.16. The first kappa shape index (κ1) is 36.7. The molecule has 4 aliphatic rings. The molecule has 2 saturated carbocycles. The minimum Gasteiger partial charge on any atom is -0.472 e. The molecule has 286 valence electrons. The minimum atomic E-state index is -3.88. The number of ketones is 1. The van der Waals surface area contributed by atoms with Gasteiger partial charge in [0.2, 0.25) is 27.7 Å². The maximum absolute atomic E-state index is 14.7. The number of ether oxygens (including phenoxy) is 1. The van der Waals surface area contributed by atoms with Crippen LogP contribution in [-0.2, 0) is 24.4 Å². The van der Waals surface area contributed by atoms with E-state index in [2.05, 4.69) is 15.0 Å². The number of benzene rings is 2. The number of carbonyl (C=O) groups excluding carboxylic acids is 4. The smallest absolute Gasteiger partial charge is 0.254 e. The molecule has 4 aromatic rings. The number of hydrogen-bond acceptors (Lipinski definition) is 9. The monoisotopic (exact) mass is 767 g/mol. The van der Waals surface area contributed by atoms with Gasteiger partial charge < -0.3 is 15.0 Å². The summed E-state index contributed by atoms with van der Waals surface area (Å²) in [5.74, 6) is -3.18. The largest absolute Gasteiger partial charge is 0.472 e. The van der Waals surface area contributed by atoms with E-state index < -0.39 is 68.2 Å². The molecule has 4 heterocycles. The number of halogens is 1. The van der Waals surface area contributed by atoms with Crippen LogP contribution in [0.2, 0.25) is 0 Å². The summed E-state index contributed by atoms with van der Waals surface area (Å²) in [5.41, 5.74) is -1.03. The molecule has 0 bridgehead atoms. The van der Waals surface area contributed by atoms with E-state index in [1.807, 2.05) is 48.6 Å². The number of sulfonamides is 1. The number of aromatic nitrogens is 2. The summed E-state index contributed by atoms with van der Waals surface area (Å²) in [5, 5.41) is 4.56. The third kappa shape index (κ3) is 7.43. The summed E-state index contributed by atoms with van der Waals surface area (Å²) >= 11 is 0. The molecule has 5 atom stereocenters. The van der Waals surface area contributed by atoms with Crippen molar-refractivity contribution in [3.05, 3.63) is 90.4 Å². The van der Waals surface area contributed by atoms with Gasteiger partial charge in [-0.05, 0) is 80.2 Å². The summed E-state index contributed by atoms with van der Waals surface area (Å²) in [6.45, 7) is -0.0316. The molecule has 55 heavy (non-hydrogen) atoms. The van der Waals surface area contributed by atoms with Crippen LogP contribution >= 0.6 is 0 Å². The Labute approximate surface area is 318 Å². The molecule has 3 amide bonds. The molecule has 1 saturated heterocycles. The van der Waals surface area contributed by atoms with Gasteiger partial charge in [0.15, 0.2) is 11.4 Å². The average molecular weight is 768 g/mol. The van der Waals surface area contributed by atoms with Crippen molar-refractivity contribution < 1.29 is 36.7 Å². The van der Waals surface area contributed by atoms with Gasteiger partial charge in [0, 0.05) is 29.8 Å². The van der Waals surface area contributed by atoms with E-state index in [0.717, 1.165) is 29.0 Å². The van der Waals surface area contributed by atoms with Gasteiger partial charge in [0.25, 0.3) is 5.91 Å². The van der Waals surface area contributed by atoms with Crippen LogP contribution in [0.4, 0.5) is 4.39 Å². The molecule has 2 aromatic carbocycles. The topological polar surface area (TPSA) is 165 Å². The maximum Gasteiger partial charge on any atom is 0.254 e. The number of amides is 3. The molecule has 0 spiro atoms. The third-order valence-electron chi connectivity index (χ3n) is 11.4. The zero-order valence-corrected chi connectivity index (χ0v) is 31.0. The number of nitrogens with one attached hydrogen (secondary N) is 2. The first-order chi connectivity index (χ1) is 26.5. The van der Waals surface area contributed by atoms with Gasteiger partial charge in [-0.15, -0.1) is 0 Å². The van der Waals surface area contributed by atoms with E-state index in [0.29, 0.717) is 37.8 Å². The second kappa shape index (κ2) is 14.8. The predicted molar refractivity (Wildman–Crippen MR) is 202 cm³/mol. The van der Waals surface area contributed by atoms with Gasteiger partial charge in [-0.25, -0.2) is 17.8 Å². The van der Waals surface area contributed by atoms with E-state index in [4.69, 9.17) is 9.72 Å². The van der Waals surface area contributed by atoms with Crippen LogP contribution in [-0.4, -0.2) is 76.8 Å². The fraction of sp³-hybridized carbons (Fsp3) is 0.415. The van der Waals surface area contributed by atoms with Gasteiger partial charge in [-0.2, -0.15) is 4.98 Å². The molecule has 2 N–H and O–H groups in total. The van der Waals surface area contributed by atoms with E-state index in [-0.39, 0.29) is 43.2 Å². The Kier molecular flexibility index (Phi) is 9.87. The average Bonchev–Trinajstić information content (AvgIpc) is 4.10. The fourth-order valence-corrected chi connectivity index (χ4v) is 9.46. The highest BCUT2D eigenvalue weighted by atomic mass is 32.2. The molecular weight excluding hydrogens is 726 g/mol. The van der Waals surface area contributed by atoms with Crippen LogP contribution in [0.25, 0.3) is 21.8 Å². The van der Waals surface area contributed by atoms with Crippen LogP contribution in [0, 0.1) is 17.2 Å². The van der Waals surface area contributed by atoms with Crippen molar-refractivity contribution in [1.29, 1.82) is 0 Å². The summed E-state index contributed by atoms with van der Waals surface area (Å²) in [6, 6.07) is 14.7. The Bertz CT molecular complexity index is 2330. The van der Waals surface area contributed by atoms with Crippen molar-refractivity contribution in [2.75, 3.05) is 6.54 Å². The molecule has 2 aliphatic carbocycles. The Hall–Kier alpha value is -5.24. The number of hydrogen-bond donors (Lipinski definition) is 2. The second-order valence-electron chi connectivity index (χ2n) is 15.2. The molecule has 14 heteroatoms. The zero-order chi connectivity index (χ0) is 38.3. The Morgan fingerprint density at radius 1 is 0.927 bits per heavy atom. The van der Waals surface area contributed by atoms with Crippen molar-refractivity contribution in [3.8, 4) is 5.88 Å². The van der Waals surface area contributed by atoms with Crippen molar-refractivity contribution in [2.24, 2.45) is 11.3 Å². The number of pyridine rings is 2. The molecule has 12 nitrogen and oxygen atoms in total. The highest BCUT2D eigenvalue weighted by Crippen LogP contribution is 2.57. The second-order valence-corrected chi connectivity index (χ2v) is 17.1. The van der Waals surface area contributed by atoms with Crippen molar-refractivity contribution in [3.63, 3.8) is 0 Å². The summed E-state index contributed by atoms with van der Waals surface area (Å²) in [4.78, 5) is 66.9. The van der Waals surface area contributed by atoms with Gasteiger partial charge in [-0.1, -0.05) is 55.3 Å². The Morgan fingerprint density at radius 3 is 2.49 bits per heavy atom. The fourth-order valence-electron chi connectivity index (χ4n) is 8.07. The standard InChI is InChI=1S/C41H42FN5O7S/c42-32-16-9-8-14-31(32)37(49)44-33-17-5-3-1-2-4-11-25-22-41(25,40(51)46-55(52,53)27-18-19-27)23-35(48)34-21-26(24-47(34)39(33)50)54-38-30-13-7-6-12-28(30)29-15-10-20-43-36(29)45-38/h4,6-16,20,25-27,33-34H,1-3,5,17-19,21-24H2,(H,44,49)(H,46,51)/b11-4-/t25-,26-,33+,34+,41-/m1/s1. The number of carbonyl (C=O) groups is 4. The number of rotatable bonds is 7. The Morgan fingerprint density at radius 2 is 1.69 bits per heavy atom. The lowest BCUT2D eigenvalue weighted by Crippen LogP contribution is -2.52. The van der Waals surface area contributed by atoms with Crippen molar-refractivity contribution >= 4 is 55.3 Å². The van der Waals surface area contributed by atoms with Gasteiger partial charge >= 0.3 is 0 Å². The summed E-state index contributed by atoms with van der Waals surface area (Å²) in [6.07, 6.45) is 8.81. The van der Waals surface area contributed by atoms with Gasteiger partial charge in [-0.3, -0.25) is 23.9 Å². The van der Waals surface area contributed by atoms with E-state index >= 15 is 0 Å². The first-order valence-electron chi connectivity index (χ1n) is 19.0. The molecule has 3 fully saturated rings. The van der Waals surface area contributed by atoms with Crippen molar-refractivity contribution in [2.45, 2.75) is 87.6 Å². The number of nitrogens with zero attached hydrogens (tertiary/aromatic N) is 3. The van der Waals surface area contributed by atoms with Crippen molar-refractivity contribution in [1.82, 2.24) is 24.9 Å². The first-order valence-corrected chi connectivity index (χ1v) is 20.5. The van der Waals surface area contributed by atoms with Gasteiger partial charge in [0.1, 0.15) is 18.0 Å². The van der Waals surface area contributed by atoms with Crippen LogP contribution in [0.1, 0.15) is 74.6 Å². The maximum atomic E-state index is 14.7. The molecule has 2 aromatic heterocycles. The molecule has 8 rings (SSSR count). The lowest BCUT2D eigenvalue weighted by atomic mass is 9.91. The SMILES string of the molecule is O=C(N[C@H]1CCCCC/C=C\[C@@H]2C[C@@]2(C(=O)NS(=O)(=O)C2CC2)CC(=O)[C@@H]2C[C@@H](Oc3nc4ncccc4c4ccccc34)CN2C1=O)c1ccccc1F. The molecule has 0 unspecified atom stereocenters. The quantitative estimate of drug-likeness (QED) is 0.191. The van der Waals surface area contributed by atoms with Crippen LogP contribution < -0.4 is 14.8 Å². The highest BCUT2D eigenvalue weighted by molar-refractivity contribution is 7.90. The molecular formula is C41H42FN5O7S. The van der Waals surface area contributed by atoms with Gasteiger partial charge in [0.05, 0.1) is 28.8 Å². The van der Waals surface area contributed by atoms with E-state index in [1.54, 1.807) is 6.20 Å². The van der Waals surface area contributed by atoms with E-state index in [1.165, 1.54) is 29.2 Å². The lowest BCUT2D eigenvalue weighted by molar-refractivity contribution is -0.140.